The van der Waals surface area contributed by atoms with Crippen LogP contribution in [-0.2, 0) is 23.2 Å². The molecule has 1 aliphatic heterocycles. The number of likely N-dealkylation sites (N-methyl/N-ethyl adjacent to an activating group) is 1. The van der Waals surface area contributed by atoms with Crippen LogP contribution in [0.25, 0.3) is 0 Å². The average Bonchev–Trinajstić information content (AvgIpc) is 2.72. The van der Waals surface area contributed by atoms with Crippen molar-refractivity contribution in [2.75, 3.05) is 13.6 Å². The molecule has 3 unspecified atom stereocenters. The van der Waals surface area contributed by atoms with E-state index in [1.807, 2.05) is 30.3 Å². The summed E-state index contributed by atoms with van der Waals surface area (Å²) >= 11 is 0. The minimum atomic E-state index is -2.02. The number of ketones is 1. The highest BCUT2D eigenvalue weighted by molar-refractivity contribution is 6.06. The number of aliphatic hydroxyl groups is 2. The fraction of sp³-hybridized carbons (Fsp3) is 0.391. The first kappa shape index (κ1) is 17.6. The molecule has 1 fully saturated rings. The quantitative estimate of drug-likeness (QED) is 0.734. The number of hydrogen-bond acceptors (Lipinski definition) is 4. The topological polar surface area (TPSA) is 77.8 Å². The van der Waals surface area contributed by atoms with Crippen LogP contribution < -0.4 is 0 Å². The number of aryl methyl sites for hydroxylation is 2. The highest BCUT2D eigenvalue weighted by atomic mass is 16.4. The molecule has 3 atom stereocenters. The van der Waals surface area contributed by atoms with E-state index in [0.29, 0.717) is 30.4 Å². The van der Waals surface area contributed by atoms with Crippen molar-refractivity contribution in [2.24, 2.45) is 5.41 Å². The first-order valence-corrected chi connectivity index (χ1v) is 9.76. The smallest absolute Gasteiger partial charge is 0.257 e. The number of rotatable bonds is 0. The molecule has 5 rings (SSSR count). The number of hydrogen-bond donors (Lipinski definition) is 2. The van der Waals surface area contributed by atoms with Gasteiger partial charge in [-0.25, -0.2) is 0 Å². The Morgan fingerprint density at radius 1 is 0.893 bits per heavy atom. The van der Waals surface area contributed by atoms with Crippen molar-refractivity contribution in [1.82, 2.24) is 4.90 Å². The molecule has 28 heavy (non-hydrogen) atoms. The molecule has 1 saturated heterocycles. The number of Topliss-reactive ketones (excluding diaryl/α,β-unsaturated/α-hetero) is 1. The summed E-state index contributed by atoms with van der Waals surface area (Å²) in [4.78, 5) is 28.4. The van der Waals surface area contributed by atoms with Crippen LogP contribution in [0.1, 0.15) is 39.9 Å². The van der Waals surface area contributed by atoms with Crippen LogP contribution in [0.3, 0.4) is 0 Å². The van der Waals surface area contributed by atoms with Gasteiger partial charge in [0.25, 0.3) is 5.91 Å². The minimum absolute atomic E-state index is 0.0894. The zero-order chi connectivity index (χ0) is 19.7. The zero-order valence-electron chi connectivity index (χ0n) is 15.8. The molecule has 2 aromatic rings. The molecule has 1 amide bonds. The fourth-order valence-corrected chi connectivity index (χ4v) is 5.81. The zero-order valence-corrected chi connectivity index (χ0v) is 15.8. The van der Waals surface area contributed by atoms with Gasteiger partial charge in [-0.05, 0) is 42.4 Å². The van der Waals surface area contributed by atoms with E-state index in [1.165, 1.54) is 4.90 Å². The summed E-state index contributed by atoms with van der Waals surface area (Å²) < 4.78 is 0. The third-order valence-electron chi connectivity index (χ3n) is 7.18. The van der Waals surface area contributed by atoms with E-state index < -0.39 is 22.5 Å². The summed E-state index contributed by atoms with van der Waals surface area (Å²) in [6.45, 7) is 0.0894. The second-order valence-electron chi connectivity index (χ2n) is 8.46. The lowest BCUT2D eigenvalue weighted by atomic mass is 9.49. The molecule has 1 heterocycles. The number of fused-ring (bicyclic) bond motifs is 5. The molecule has 2 aromatic carbocycles. The van der Waals surface area contributed by atoms with Crippen LogP contribution in [0, 0.1) is 5.41 Å². The van der Waals surface area contributed by atoms with Gasteiger partial charge >= 0.3 is 0 Å². The minimum Gasteiger partial charge on any atom is -0.380 e. The number of benzene rings is 2. The summed E-state index contributed by atoms with van der Waals surface area (Å²) in [5.41, 5.74) is -2.32. The molecule has 3 aliphatic rings. The van der Waals surface area contributed by atoms with E-state index in [9.17, 15) is 19.8 Å². The molecular formula is C23H23NO4. The SMILES string of the molecule is CN1CC2(CCc3ccccc3C2=O)C2(O)c3ccccc3CCC2(O)C1=O. The van der Waals surface area contributed by atoms with Gasteiger partial charge in [0.2, 0.25) is 0 Å². The number of carbonyl (C=O) groups is 2. The van der Waals surface area contributed by atoms with Crippen LogP contribution in [0.15, 0.2) is 48.5 Å². The summed E-state index contributed by atoms with van der Waals surface area (Å²) in [5, 5.41) is 23.9. The molecule has 0 aromatic heterocycles. The average molecular weight is 377 g/mol. The Balaban J connectivity index is 1.82. The van der Waals surface area contributed by atoms with E-state index >= 15 is 0 Å². The lowest BCUT2D eigenvalue weighted by Gasteiger charge is -2.61. The molecule has 2 aliphatic carbocycles. The van der Waals surface area contributed by atoms with Gasteiger partial charge in [-0.1, -0.05) is 48.5 Å². The van der Waals surface area contributed by atoms with Crippen molar-refractivity contribution >= 4 is 11.7 Å². The summed E-state index contributed by atoms with van der Waals surface area (Å²) in [6, 6.07) is 14.8. The lowest BCUT2D eigenvalue weighted by Crippen LogP contribution is -2.77. The van der Waals surface area contributed by atoms with Gasteiger partial charge < -0.3 is 15.1 Å². The van der Waals surface area contributed by atoms with Gasteiger partial charge in [0.05, 0.1) is 5.41 Å². The van der Waals surface area contributed by atoms with E-state index in [-0.39, 0.29) is 18.7 Å². The highest BCUT2D eigenvalue weighted by Crippen LogP contribution is 2.60. The van der Waals surface area contributed by atoms with E-state index in [4.69, 9.17) is 0 Å². The third-order valence-corrected chi connectivity index (χ3v) is 7.18. The standard InChI is InChI=1S/C23H23NO4/c1-24-14-21(12-10-15-6-2-4-8-17(15)19(21)25)23(28)18-9-5-3-7-16(18)11-13-22(23,27)20(24)26/h2-9,27-28H,10-14H2,1H3. The van der Waals surface area contributed by atoms with Crippen molar-refractivity contribution in [1.29, 1.82) is 0 Å². The molecule has 2 N–H and O–H groups in total. The van der Waals surface area contributed by atoms with Crippen molar-refractivity contribution in [3.63, 3.8) is 0 Å². The normalized spacial score (nSPS) is 34.0. The molecule has 144 valence electrons. The molecule has 5 heteroatoms. The predicted octanol–water partition coefficient (Wildman–Crippen LogP) is 1.84. The fourth-order valence-electron chi connectivity index (χ4n) is 5.81. The van der Waals surface area contributed by atoms with Gasteiger partial charge in [0.15, 0.2) is 11.4 Å². The summed E-state index contributed by atoms with van der Waals surface area (Å²) in [6.07, 6.45) is 1.58. The van der Waals surface area contributed by atoms with Crippen LogP contribution >= 0.6 is 0 Å². The van der Waals surface area contributed by atoms with Crippen molar-refractivity contribution in [3.05, 3.63) is 70.8 Å². The molecule has 0 saturated carbocycles. The van der Waals surface area contributed by atoms with Crippen molar-refractivity contribution in [3.8, 4) is 0 Å². The predicted molar refractivity (Wildman–Crippen MR) is 103 cm³/mol. The Bertz CT molecular complexity index is 1020. The number of carbonyl (C=O) groups excluding carboxylic acids is 2. The van der Waals surface area contributed by atoms with Crippen molar-refractivity contribution in [2.45, 2.75) is 36.9 Å². The molecule has 0 bridgehead atoms. The molecular weight excluding hydrogens is 354 g/mol. The maximum atomic E-state index is 13.8. The van der Waals surface area contributed by atoms with Crippen LogP contribution in [0.2, 0.25) is 0 Å². The monoisotopic (exact) mass is 377 g/mol. The number of amides is 1. The summed E-state index contributed by atoms with van der Waals surface area (Å²) in [5.74, 6) is -0.701. The number of likely N-dealkylation sites (tertiary alicyclic amines) is 1. The molecule has 5 nitrogen and oxygen atoms in total. The van der Waals surface area contributed by atoms with Gasteiger partial charge in [0, 0.05) is 19.2 Å². The van der Waals surface area contributed by atoms with Crippen LogP contribution in [0.4, 0.5) is 0 Å². The van der Waals surface area contributed by atoms with Gasteiger partial charge in [-0.15, -0.1) is 0 Å². The largest absolute Gasteiger partial charge is 0.380 e. The Morgan fingerprint density at radius 3 is 2.32 bits per heavy atom. The maximum Gasteiger partial charge on any atom is 0.257 e. The highest BCUT2D eigenvalue weighted by Gasteiger charge is 2.74. The van der Waals surface area contributed by atoms with E-state index in [1.54, 1.807) is 25.2 Å². The Kier molecular flexibility index (Phi) is 3.47. The maximum absolute atomic E-state index is 13.8. The Labute approximate surface area is 163 Å². The summed E-state index contributed by atoms with van der Waals surface area (Å²) in [7, 11) is 1.61. The third kappa shape index (κ3) is 1.84. The number of piperidine rings is 1. The van der Waals surface area contributed by atoms with Gasteiger partial charge in [-0.2, -0.15) is 0 Å². The first-order chi connectivity index (χ1) is 13.3. The Hall–Kier alpha value is -2.50. The second-order valence-corrected chi connectivity index (χ2v) is 8.46. The van der Waals surface area contributed by atoms with Gasteiger partial charge in [-0.3, -0.25) is 9.59 Å². The molecule has 1 spiro atoms. The lowest BCUT2D eigenvalue weighted by molar-refractivity contribution is -0.245. The van der Waals surface area contributed by atoms with Gasteiger partial charge in [0.1, 0.15) is 5.60 Å². The second kappa shape index (κ2) is 5.52. The first-order valence-electron chi connectivity index (χ1n) is 9.76. The van der Waals surface area contributed by atoms with E-state index in [2.05, 4.69) is 0 Å². The Morgan fingerprint density at radius 2 is 1.54 bits per heavy atom. The van der Waals surface area contributed by atoms with Crippen LogP contribution in [-0.4, -0.2) is 46.0 Å². The van der Waals surface area contributed by atoms with Crippen LogP contribution in [0.5, 0.6) is 0 Å². The number of nitrogens with zero attached hydrogens (tertiary/aromatic N) is 1. The van der Waals surface area contributed by atoms with E-state index in [0.717, 1.165) is 11.1 Å². The molecule has 0 radical (unpaired) electrons. The van der Waals surface area contributed by atoms with Crippen molar-refractivity contribution < 1.29 is 19.8 Å².